The van der Waals surface area contributed by atoms with E-state index < -0.39 is 35.6 Å². The molecule has 2 unspecified atom stereocenters. The smallest absolute Gasteiger partial charge is 0.263 e. The second-order valence-corrected chi connectivity index (χ2v) is 6.68. The Balaban J connectivity index is 1.49. The third-order valence-corrected chi connectivity index (χ3v) is 4.59. The van der Waals surface area contributed by atoms with Crippen LogP contribution in [0.3, 0.4) is 0 Å². The lowest BCUT2D eigenvalue weighted by Gasteiger charge is -2.20. The minimum absolute atomic E-state index is 0.287. The molecule has 0 aromatic heterocycles. The number of nitrogens with one attached hydrogen (secondary N) is 1. The molecule has 1 saturated heterocycles. The summed E-state index contributed by atoms with van der Waals surface area (Å²) in [5.41, 5.74) is 0.733. The van der Waals surface area contributed by atoms with Crippen molar-refractivity contribution in [1.29, 1.82) is 0 Å². The van der Waals surface area contributed by atoms with Gasteiger partial charge in [-0.15, -0.1) is 0 Å². The normalized spacial score (nSPS) is 20.6. The second kappa shape index (κ2) is 7.01. The molecule has 2 aromatic rings. The SMILES string of the molecule is O=C(CN1N=NC2C(=O)N(c3cccc(Cl)c3)C(=O)C21)Nc1ccc(F)cc1. The van der Waals surface area contributed by atoms with E-state index in [0.717, 1.165) is 4.90 Å². The molecule has 2 aliphatic rings. The fraction of sp³-hybridized carbons (Fsp3) is 0.167. The first kappa shape index (κ1) is 18.1. The summed E-state index contributed by atoms with van der Waals surface area (Å²) >= 11 is 5.95. The van der Waals surface area contributed by atoms with E-state index in [4.69, 9.17) is 11.6 Å². The first-order valence-corrected chi connectivity index (χ1v) is 8.68. The summed E-state index contributed by atoms with van der Waals surface area (Å²) in [7, 11) is 0. The molecule has 3 amide bonds. The van der Waals surface area contributed by atoms with E-state index in [0.29, 0.717) is 16.4 Å². The summed E-state index contributed by atoms with van der Waals surface area (Å²) in [6, 6.07) is 9.58. The van der Waals surface area contributed by atoms with Crippen LogP contribution in [0.4, 0.5) is 15.8 Å². The largest absolute Gasteiger partial charge is 0.324 e. The van der Waals surface area contributed by atoms with Gasteiger partial charge in [-0.3, -0.25) is 19.4 Å². The summed E-state index contributed by atoms with van der Waals surface area (Å²) in [6.45, 7) is -0.287. The summed E-state index contributed by atoms with van der Waals surface area (Å²) in [6.07, 6.45) is 0. The molecule has 0 bridgehead atoms. The van der Waals surface area contributed by atoms with Crippen LogP contribution in [0.2, 0.25) is 5.02 Å². The average Bonchev–Trinajstić information content (AvgIpc) is 3.17. The van der Waals surface area contributed by atoms with Crippen LogP contribution in [-0.2, 0) is 14.4 Å². The molecule has 0 aliphatic carbocycles. The van der Waals surface area contributed by atoms with Gasteiger partial charge in [0.1, 0.15) is 12.4 Å². The quantitative estimate of drug-likeness (QED) is 0.796. The Morgan fingerprint density at radius 2 is 1.89 bits per heavy atom. The van der Waals surface area contributed by atoms with Gasteiger partial charge in [0.2, 0.25) is 5.91 Å². The lowest BCUT2D eigenvalue weighted by Crippen LogP contribution is -2.43. The van der Waals surface area contributed by atoms with Crippen LogP contribution in [-0.4, -0.2) is 41.4 Å². The molecule has 0 spiro atoms. The molecule has 10 heteroatoms. The zero-order chi connectivity index (χ0) is 19.8. The number of hydrogen-bond acceptors (Lipinski definition) is 6. The van der Waals surface area contributed by atoms with E-state index in [2.05, 4.69) is 15.7 Å². The van der Waals surface area contributed by atoms with Crippen LogP contribution in [0.25, 0.3) is 0 Å². The molecular formula is C18H13ClFN5O3. The van der Waals surface area contributed by atoms with Crippen molar-refractivity contribution in [1.82, 2.24) is 5.01 Å². The van der Waals surface area contributed by atoms with Crippen LogP contribution in [0.1, 0.15) is 0 Å². The number of carbonyl (C=O) groups excluding carboxylic acids is 3. The van der Waals surface area contributed by atoms with E-state index in [-0.39, 0.29) is 6.54 Å². The van der Waals surface area contributed by atoms with E-state index in [9.17, 15) is 18.8 Å². The highest BCUT2D eigenvalue weighted by atomic mass is 35.5. The first-order valence-electron chi connectivity index (χ1n) is 8.30. The van der Waals surface area contributed by atoms with Gasteiger partial charge in [0.05, 0.1) is 5.69 Å². The number of imide groups is 1. The van der Waals surface area contributed by atoms with Gasteiger partial charge in [-0.1, -0.05) is 22.9 Å². The maximum Gasteiger partial charge on any atom is 0.263 e. The summed E-state index contributed by atoms with van der Waals surface area (Å²) in [5.74, 6) is -1.96. The molecule has 2 aliphatic heterocycles. The van der Waals surface area contributed by atoms with Crippen molar-refractivity contribution >= 4 is 40.7 Å². The van der Waals surface area contributed by atoms with Crippen molar-refractivity contribution in [3.8, 4) is 0 Å². The van der Waals surface area contributed by atoms with E-state index in [1.165, 1.54) is 35.3 Å². The molecule has 2 aromatic carbocycles. The first-order chi connectivity index (χ1) is 13.4. The Kier molecular flexibility index (Phi) is 4.52. The summed E-state index contributed by atoms with van der Waals surface area (Å²) in [5, 5.41) is 11.8. The van der Waals surface area contributed by atoms with Crippen LogP contribution in [0.5, 0.6) is 0 Å². The standard InChI is InChI=1S/C18H13ClFN5O3/c19-10-2-1-3-13(8-10)25-17(27)15-16(18(25)28)24(23-22-15)9-14(26)21-12-6-4-11(20)5-7-12/h1-8,15-16H,9H2,(H,21,26). The molecule has 28 heavy (non-hydrogen) atoms. The number of halogens is 2. The third kappa shape index (κ3) is 3.20. The van der Waals surface area contributed by atoms with Gasteiger partial charge >= 0.3 is 0 Å². The number of hydrogen-bond donors (Lipinski definition) is 1. The zero-order valence-corrected chi connectivity index (χ0v) is 15.0. The monoisotopic (exact) mass is 401 g/mol. The molecule has 0 saturated carbocycles. The number of carbonyl (C=O) groups is 3. The number of benzene rings is 2. The number of amides is 3. The highest BCUT2D eigenvalue weighted by molar-refractivity contribution is 6.31. The number of rotatable bonds is 4. The van der Waals surface area contributed by atoms with Gasteiger partial charge in [-0.25, -0.2) is 9.29 Å². The zero-order valence-electron chi connectivity index (χ0n) is 14.3. The van der Waals surface area contributed by atoms with Crippen LogP contribution in [0.15, 0.2) is 58.9 Å². The second-order valence-electron chi connectivity index (χ2n) is 6.24. The van der Waals surface area contributed by atoms with Crippen molar-refractivity contribution in [2.75, 3.05) is 16.8 Å². The lowest BCUT2D eigenvalue weighted by atomic mass is 10.1. The molecular weight excluding hydrogens is 389 g/mol. The summed E-state index contributed by atoms with van der Waals surface area (Å²) < 4.78 is 12.9. The molecule has 142 valence electrons. The lowest BCUT2D eigenvalue weighted by molar-refractivity contribution is -0.123. The Morgan fingerprint density at radius 1 is 1.14 bits per heavy atom. The topological polar surface area (TPSA) is 94.4 Å². The fourth-order valence-corrected chi connectivity index (χ4v) is 3.29. The summed E-state index contributed by atoms with van der Waals surface area (Å²) in [4.78, 5) is 38.7. The average molecular weight is 402 g/mol. The van der Waals surface area contributed by atoms with Crippen molar-refractivity contribution in [2.24, 2.45) is 10.3 Å². The number of fused-ring (bicyclic) bond motifs is 1. The van der Waals surface area contributed by atoms with Gasteiger partial charge in [-0.2, -0.15) is 5.11 Å². The molecule has 4 rings (SSSR count). The Morgan fingerprint density at radius 3 is 2.61 bits per heavy atom. The third-order valence-electron chi connectivity index (χ3n) is 4.36. The van der Waals surface area contributed by atoms with Crippen LogP contribution in [0, 0.1) is 5.82 Å². The Bertz CT molecular complexity index is 997. The Hall–Kier alpha value is -3.33. The van der Waals surface area contributed by atoms with Gasteiger partial charge in [0.15, 0.2) is 12.1 Å². The molecule has 8 nitrogen and oxygen atoms in total. The number of anilines is 2. The Labute approximate surface area is 163 Å². The van der Waals surface area contributed by atoms with Crippen molar-refractivity contribution < 1.29 is 18.8 Å². The predicted molar refractivity (Wildman–Crippen MR) is 98.1 cm³/mol. The van der Waals surface area contributed by atoms with Gasteiger partial charge in [0.25, 0.3) is 11.8 Å². The minimum Gasteiger partial charge on any atom is -0.324 e. The maximum atomic E-state index is 12.9. The molecule has 2 heterocycles. The van der Waals surface area contributed by atoms with E-state index in [1.807, 2.05) is 0 Å². The van der Waals surface area contributed by atoms with Crippen molar-refractivity contribution in [3.63, 3.8) is 0 Å². The van der Waals surface area contributed by atoms with Gasteiger partial charge in [0, 0.05) is 10.7 Å². The minimum atomic E-state index is -1.01. The van der Waals surface area contributed by atoms with Gasteiger partial charge < -0.3 is 5.32 Å². The van der Waals surface area contributed by atoms with Crippen LogP contribution < -0.4 is 10.2 Å². The molecule has 1 fully saturated rings. The van der Waals surface area contributed by atoms with E-state index >= 15 is 0 Å². The van der Waals surface area contributed by atoms with Gasteiger partial charge in [-0.05, 0) is 42.5 Å². The predicted octanol–water partition coefficient (Wildman–Crippen LogP) is 2.41. The highest BCUT2D eigenvalue weighted by Crippen LogP contribution is 2.32. The van der Waals surface area contributed by atoms with Crippen LogP contribution >= 0.6 is 11.6 Å². The maximum absolute atomic E-state index is 12.9. The molecule has 0 radical (unpaired) electrons. The highest BCUT2D eigenvalue weighted by Gasteiger charge is 2.55. The fourth-order valence-electron chi connectivity index (χ4n) is 3.10. The molecule has 2 atom stereocenters. The van der Waals surface area contributed by atoms with Crippen molar-refractivity contribution in [2.45, 2.75) is 12.1 Å². The van der Waals surface area contributed by atoms with E-state index in [1.54, 1.807) is 18.2 Å². The van der Waals surface area contributed by atoms with Crippen molar-refractivity contribution in [3.05, 3.63) is 59.4 Å². The number of nitrogens with zero attached hydrogens (tertiary/aromatic N) is 4. The molecule has 1 N–H and O–H groups in total.